The van der Waals surface area contributed by atoms with Gasteiger partial charge in [-0.25, -0.2) is 0 Å². The van der Waals surface area contributed by atoms with Crippen molar-refractivity contribution < 1.29 is 14.4 Å². The number of anilines is 2. The number of carbonyl (C=O) groups excluding carboxylic acids is 3. The van der Waals surface area contributed by atoms with Crippen LogP contribution < -0.4 is 15.5 Å². The van der Waals surface area contributed by atoms with Crippen molar-refractivity contribution >= 4 is 39.9 Å². The number of unbranched alkanes of at least 4 members (excludes halogenated alkanes) is 5. The average molecular weight is 479 g/mol. The molecule has 0 saturated carbocycles. The predicted octanol–water partition coefficient (Wildman–Crippen LogP) is 4.70. The summed E-state index contributed by atoms with van der Waals surface area (Å²) in [5.74, 6) is -0.844. The number of nitrogens with zero attached hydrogens (tertiary/aromatic N) is 2. The minimum absolute atomic E-state index is 0.168. The van der Waals surface area contributed by atoms with Gasteiger partial charge in [0.25, 0.3) is 5.91 Å². The van der Waals surface area contributed by atoms with Crippen LogP contribution in [0.25, 0.3) is 10.8 Å². The van der Waals surface area contributed by atoms with Gasteiger partial charge in [0.1, 0.15) is 6.04 Å². The lowest BCUT2D eigenvalue weighted by Gasteiger charge is -2.30. The molecule has 0 aliphatic carbocycles. The van der Waals surface area contributed by atoms with Gasteiger partial charge in [-0.2, -0.15) is 0 Å². The number of nitrogens with one attached hydrogen (secondary N) is 2. The molecule has 2 aromatic rings. The van der Waals surface area contributed by atoms with E-state index in [4.69, 9.17) is 0 Å². The Morgan fingerprint density at radius 2 is 1.71 bits per heavy atom. The monoisotopic (exact) mass is 478 g/mol. The van der Waals surface area contributed by atoms with Crippen molar-refractivity contribution in [3.63, 3.8) is 0 Å². The minimum atomic E-state index is -0.651. The lowest BCUT2D eigenvalue weighted by atomic mass is 10.0. The number of amides is 3. The zero-order valence-corrected chi connectivity index (χ0v) is 21.1. The van der Waals surface area contributed by atoms with Crippen LogP contribution in [0.1, 0.15) is 75.6 Å². The maximum atomic E-state index is 13.2. The second-order valence-electron chi connectivity index (χ2n) is 9.58. The normalized spacial score (nSPS) is 17.5. The molecule has 2 heterocycles. The summed E-state index contributed by atoms with van der Waals surface area (Å²) in [6, 6.07) is 9.04. The summed E-state index contributed by atoms with van der Waals surface area (Å²) in [4.78, 5) is 41.4. The van der Waals surface area contributed by atoms with E-state index in [0.29, 0.717) is 12.0 Å². The average Bonchev–Trinajstić information content (AvgIpc) is 3.14. The molecule has 3 amide bonds. The van der Waals surface area contributed by atoms with Crippen LogP contribution in [0.2, 0.25) is 0 Å². The van der Waals surface area contributed by atoms with Gasteiger partial charge in [-0.1, -0.05) is 51.7 Å². The molecule has 1 unspecified atom stereocenters. The Hall–Kier alpha value is -2.93. The van der Waals surface area contributed by atoms with Gasteiger partial charge in [0.2, 0.25) is 11.8 Å². The number of imide groups is 1. The SMILES string of the molecule is CCN(CC)CCCCCCCCNc1ccc2c3c(cccc13)C(=O)N2C1CCC(=O)NC1=O. The van der Waals surface area contributed by atoms with Gasteiger partial charge in [0.05, 0.1) is 5.69 Å². The van der Waals surface area contributed by atoms with Gasteiger partial charge in [-0.15, -0.1) is 0 Å². The van der Waals surface area contributed by atoms with E-state index in [-0.39, 0.29) is 18.2 Å². The number of carbonyl (C=O) groups is 3. The van der Waals surface area contributed by atoms with E-state index in [0.717, 1.165) is 48.2 Å². The van der Waals surface area contributed by atoms with Crippen LogP contribution in [0.15, 0.2) is 30.3 Å². The highest BCUT2D eigenvalue weighted by molar-refractivity contribution is 6.28. The topological polar surface area (TPSA) is 81.8 Å². The van der Waals surface area contributed by atoms with Gasteiger partial charge >= 0.3 is 0 Å². The lowest BCUT2D eigenvalue weighted by Crippen LogP contribution is -2.53. The van der Waals surface area contributed by atoms with Crippen LogP contribution >= 0.6 is 0 Å². The number of benzene rings is 2. The largest absolute Gasteiger partial charge is 0.385 e. The van der Waals surface area contributed by atoms with Crippen molar-refractivity contribution in [1.82, 2.24) is 10.2 Å². The van der Waals surface area contributed by atoms with E-state index in [2.05, 4.69) is 29.4 Å². The minimum Gasteiger partial charge on any atom is -0.385 e. The van der Waals surface area contributed by atoms with E-state index in [9.17, 15) is 14.4 Å². The second kappa shape index (κ2) is 11.7. The molecule has 4 rings (SSSR count). The van der Waals surface area contributed by atoms with Crippen molar-refractivity contribution in [2.45, 2.75) is 71.3 Å². The van der Waals surface area contributed by atoms with Crippen molar-refractivity contribution in [3.8, 4) is 0 Å². The van der Waals surface area contributed by atoms with Crippen LogP contribution in [0.3, 0.4) is 0 Å². The van der Waals surface area contributed by atoms with Gasteiger partial charge in [-0.05, 0) is 57.1 Å². The number of piperidine rings is 1. The van der Waals surface area contributed by atoms with Crippen LogP contribution in [0, 0.1) is 0 Å². The molecule has 2 aromatic carbocycles. The summed E-state index contributed by atoms with van der Waals surface area (Å²) < 4.78 is 0. The number of hydrogen-bond donors (Lipinski definition) is 2. The summed E-state index contributed by atoms with van der Waals surface area (Å²) in [6.07, 6.45) is 8.06. The Morgan fingerprint density at radius 3 is 2.46 bits per heavy atom. The Labute approximate surface area is 208 Å². The van der Waals surface area contributed by atoms with Gasteiger partial charge in [0, 0.05) is 35.0 Å². The van der Waals surface area contributed by atoms with Crippen molar-refractivity contribution in [2.75, 3.05) is 36.4 Å². The van der Waals surface area contributed by atoms with E-state index in [1.807, 2.05) is 30.3 Å². The first-order valence-electron chi connectivity index (χ1n) is 13.2. The van der Waals surface area contributed by atoms with Crippen LogP contribution in [0.5, 0.6) is 0 Å². The third-order valence-electron chi connectivity index (χ3n) is 7.36. The molecule has 1 fully saturated rings. The van der Waals surface area contributed by atoms with E-state index >= 15 is 0 Å². The molecule has 2 aliphatic rings. The highest BCUT2D eigenvalue weighted by atomic mass is 16.2. The fourth-order valence-corrected chi connectivity index (χ4v) is 5.33. The van der Waals surface area contributed by atoms with Crippen molar-refractivity contribution in [3.05, 3.63) is 35.9 Å². The summed E-state index contributed by atoms with van der Waals surface area (Å²) >= 11 is 0. The van der Waals surface area contributed by atoms with Crippen molar-refractivity contribution in [2.24, 2.45) is 0 Å². The van der Waals surface area contributed by atoms with E-state index in [1.165, 1.54) is 38.6 Å². The van der Waals surface area contributed by atoms with Gasteiger partial charge in [-0.3, -0.25) is 24.6 Å². The summed E-state index contributed by atoms with van der Waals surface area (Å²) in [7, 11) is 0. The molecule has 0 spiro atoms. The van der Waals surface area contributed by atoms with Crippen LogP contribution in [0.4, 0.5) is 11.4 Å². The molecule has 0 radical (unpaired) electrons. The molecule has 1 saturated heterocycles. The first kappa shape index (κ1) is 25.2. The Kier molecular flexibility index (Phi) is 8.39. The molecule has 2 N–H and O–H groups in total. The fraction of sp³-hybridized carbons (Fsp3) is 0.536. The third-order valence-corrected chi connectivity index (χ3v) is 7.36. The molecule has 188 valence electrons. The Morgan fingerprint density at radius 1 is 0.971 bits per heavy atom. The zero-order chi connectivity index (χ0) is 24.8. The third kappa shape index (κ3) is 5.50. The molecule has 1 atom stereocenters. The maximum Gasteiger partial charge on any atom is 0.259 e. The quantitative estimate of drug-likeness (QED) is 0.322. The highest BCUT2D eigenvalue weighted by Crippen LogP contribution is 2.42. The summed E-state index contributed by atoms with van der Waals surface area (Å²) in [5.41, 5.74) is 2.39. The summed E-state index contributed by atoms with van der Waals surface area (Å²) in [5, 5.41) is 7.83. The smallest absolute Gasteiger partial charge is 0.259 e. The molecule has 35 heavy (non-hydrogen) atoms. The standard InChI is InChI=1S/C28H38N4O3/c1-3-31(4-2)19-10-8-6-5-7-9-18-29-22-14-15-23-26-20(22)12-11-13-21(26)28(35)32(23)24-16-17-25(33)30-27(24)34/h11-15,24,29H,3-10,16-19H2,1-2H3,(H,30,33,34). The van der Waals surface area contributed by atoms with E-state index < -0.39 is 11.9 Å². The lowest BCUT2D eigenvalue weighted by molar-refractivity contribution is -0.134. The fourth-order valence-electron chi connectivity index (χ4n) is 5.33. The Balaban J connectivity index is 1.32. The van der Waals surface area contributed by atoms with Crippen LogP contribution in [-0.4, -0.2) is 54.8 Å². The molecule has 7 heteroatoms. The molecule has 2 aliphatic heterocycles. The summed E-state index contributed by atoms with van der Waals surface area (Å²) in [6.45, 7) is 8.84. The number of rotatable bonds is 13. The van der Waals surface area contributed by atoms with Crippen LogP contribution in [-0.2, 0) is 9.59 Å². The maximum absolute atomic E-state index is 13.2. The number of hydrogen-bond acceptors (Lipinski definition) is 5. The molecular formula is C28H38N4O3. The molecule has 0 bridgehead atoms. The molecular weight excluding hydrogens is 440 g/mol. The molecule has 7 nitrogen and oxygen atoms in total. The highest BCUT2D eigenvalue weighted by Gasteiger charge is 2.40. The second-order valence-corrected chi connectivity index (χ2v) is 9.58. The predicted molar refractivity (Wildman–Crippen MR) is 141 cm³/mol. The van der Waals surface area contributed by atoms with Crippen molar-refractivity contribution in [1.29, 1.82) is 0 Å². The zero-order valence-electron chi connectivity index (χ0n) is 21.1. The first-order valence-corrected chi connectivity index (χ1v) is 13.2. The van der Waals surface area contributed by atoms with Gasteiger partial charge in [0.15, 0.2) is 0 Å². The van der Waals surface area contributed by atoms with E-state index in [1.54, 1.807) is 4.90 Å². The van der Waals surface area contributed by atoms with Gasteiger partial charge < -0.3 is 10.2 Å². The molecule has 0 aromatic heterocycles. The Bertz CT molecular complexity index is 1080. The first-order chi connectivity index (χ1) is 17.0.